The molecule has 0 aliphatic carbocycles. The summed E-state index contributed by atoms with van der Waals surface area (Å²) in [6.45, 7) is 18.2. The van der Waals surface area contributed by atoms with E-state index in [2.05, 4.69) is 39.0 Å². The van der Waals surface area contributed by atoms with Crippen molar-refractivity contribution >= 4 is 46.0 Å². The number of hydrogen-bond donors (Lipinski definition) is 5. The van der Waals surface area contributed by atoms with E-state index in [0.717, 1.165) is 6.54 Å². The predicted molar refractivity (Wildman–Crippen MR) is 267 cm³/mol. The van der Waals surface area contributed by atoms with Crippen LogP contribution < -0.4 is 25.7 Å². The van der Waals surface area contributed by atoms with Crippen molar-refractivity contribution in [1.82, 2.24) is 19.8 Å². The van der Waals surface area contributed by atoms with Crippen LogP contribution in [0, 0.1) is 30.6 Å². The highest BCUT2D eigenvalue weighted by Gasteiger charge is 2.50. The average molecular weight is 993 g/mol. The summed E-state index contributed by atoms with van der Waals surface area (Å²) in [5, 5.41) is 50.8. The lowest BCUT2D eigenvalue weighted by Gasteiger charge is -2.38. The van der Waals surface area contributed by atoms with Crippen LogP contribution >= 0.6 is 0 Å². The fourth-order valence-electron chi connectivity index (χ4n) is 10.3. The first-order chi connectivity index (χ1) is 34.2. The number of nitrogens with zero attached hydrogens (tertiary/aromatic N) is 7. The minimum atomic E-state index is -1.95. The summed E-state index contributed by atoms with van der Waals surface area (Å²) in [5.74, 6) is -5.96. The molecular weight excluding hydrogens is 925 g/mol. The number of aromatic nitrogens is 2. The minimum absolute atomic E-state index is 0.0506. The fourth-order valence-corrected chi connectivity index (χ4v) is 10.3. The Morgan fingerprint density at radius 3 is 2.33 bits per heavy atom. The van der Waals surface area contributed by atoms with Crippen molar-refractivity contribution in [2.45, 2.75) is 117 Å². The maximum absolute atomic E-state index is 14.8. The molecule has 1 aromatic heterocycles. The van der Waals surface area contributed by atoms with Crippen molar-refractivity contribution in [3.63, 3.8) is 0 Å². The Labute approximate surface area is 419 Å². The van der Waals surface area contributed by atoms with Gasteiger partial charge in [0, 0.05) is 113 Å². The third kappa shape index (κ3) is 10.4. The third-order valence-electron chi connectivity index (χ3n) is 14.8. The molecule has 2 saturated heterocycles. The zero-order valence-electron chi connectivity index (χ0n) is 42.4. The number of Topliss-reactive ketones (excluding diaryl/α,β-unsaturated/α-hetero) is 1. The van der Waals surface area contributed by atoms with Crippen molar-refractivity contribution in [2.24, 2.45) is 33.7 Å². The summed E-state index contributed by atoms with van der Waals surface area (Å²) < 4.78 is 18.4. The van der Waals surface area contributed by atoms with Gasteiger partial charge in [-0.25, -0.2) is 15.0 Å². The lowest BCUT2D eigenvalue weighted by atomic mass is 9.84. The molecule has 72 heavy (non-hydrogen) atoms. The maximum atomic E-state index is 14.8. The van der Waals surface area contributed by atoms with Gasteiger partial charge in [0.1, 0.15) is 40.4 Å². The number of amides is 2. The van der Waals surface area contributed by atoms with E-state index in [1.807, 2.05) is 11.8 Å². The zero-order valence-corrected chi connectivity index (χ0v) is 42.4. The van der Waals surface area contributed by atoms with E-state index in [1.54, 1.807) is 69.3 Å². The molecule has 2 fully saturated rings. The Bertz CT molecular complexity index is 2820. The number of aliphatic hydroxyl groups excluding tert-OH is 2. The number of carbonyl (C=O) groups excluding carboxylic acids is 4. The second-order valence-electron chi connectivity index (χ2n) is 20.7. The number of esters is 1. The number of likely N-dealkylation sites (tertiary alicyclic amines) is 1. The molecule has 6 aliphatic rings. The van der Waals surface area contributed by atoms with Gasteiger partial charge in [-0.05, 0) is 44.2 Å². The maximum Gasteiger partial charge on any atom is 0.315 e. The molecule has 6 aliphatic heterocycles. The zero-order chi connectivity index (χ0) is 51.8. The lowest BCUT2D eigenvalue weighted by Crippen LogP contribution is -2.49. The number of phenolic OH excluding ortho intramolecular Hbond substituents is 2. The number of aromatic hydroxyl groups is 2. The van der Waals surface area contributed by atoms with Gasteiger partial charge < -0.3 is 54.7 Å². The number of nitrogens with one attached hydrogen (secondary N) is 1. The van der Waals surface area contributed by atoms with Crippen molar-refractivity contribution in [2.75, 3.05) is 56.0 Å². The van der Waals surface area contributed by atoms with Crippen molar-refractivity contribution in [3.8, 4) is 17.2 Å². The largest absolute Gasteiger partial charge is 0.507 e. The highest BCUT2D eigenvalue weighted by Crippen LogP contribution is 2.51. The normalized spacial score (nSPS) is 28.6. The number of anilines is 2. The first-order valence-corrected chi connectivity index (χ1v) is 25.1. The number of ether oxygens (including phenoxy) is 3. The standard InChI is InChI=1S/C53H68N8O11/c1-29(2)28-59-19-15-53(16-20-59)57-42-39-40-46(66)34(7)48-41(39)49(68)52(8,72-48)70-25-10-14-30(3)36(71-38(64)27-37(63)60-21-23-61(24-22-60)51-54-17-11-18-55-51)26-35(62)33(6)45(65)31(4)12-9-13-32(5)50(69)56-44(47(40)67)43(42)58-53/h9-13,17-18,25,29-31,33,35-36,45,57,62,65-67H,14-16,19-24,26-28H2,1-8H3/b12-9+,25-10+,32-13-,56-44?/t30-,31?,33+,35?,36+,45+,52+/m1/s1. The highest BCUT2D eigenvalue weighted by molar-refractivity contribution is 6.21. The number of rotatable bonds is 6. The van der Waals surface area contributed by atoms with E-state index in [9.17, 15) is 39.6 Å². The molecule has 2 unspecified atom stereocenters. The van der Waals surface area contributed by atoms with Crippen molar-refractivity contribution in [3.05, 3.63) is 76.4 Å². The molecular formula is C53H68N8O11. The number of allylic oxidation sites excluding steroid dienone is 3. The Balaban J connectivity index is 1.11. The van der Waals surface area contributed by atoms with Crippen LogP contribution in [0.25, 0.3) is 10.8 Å². The van der Waals surface area contributed by atoms with E-state index in [1.165, 1.54) is 19.3 Å². The van der Waals surface area contributed by atoms with Gasteiger partial charge in [0.15, 0.2) is 5.75 Å². The predicted octanol–water partition coefficient (Wildman–Crippen LogP) is 4.39. The molecule has 3 aromatic rings. The summed E-state index contributed by atoms with van der Waals surface area (Å²) in [6, 6.07) is 1.73. The van der Waals surface area contributed by atoms with E-state index < -0.39 is 83.3 Å². The first-order valence-electron chi connectivity index (χ1n) is 25.1. The Kier molecular flexibility index (Phi) is 15.1. The molecule has 1 spiro atoms. The number of piperidine rings is 1. The summed E-state index contributed by atoms with van der Waals surface area (Å²) >= 11 is 0. The molecule has 19 heteroatoms. The van der Waals surface area contributed by atoms with Gasteiger partial charge in [0.2, 0.25) is 11.9 Å². The van der Waals surface area contributed by atoms with Crippen LogP contribution in [0.15, 0.2) is 64.6 Å². The van der Waals surface area contributed by atoms with Crippen LogP contribution in [-0.4, -0.2) is 139 Å². The summed E-state index contributed by atoms with van der Waals surface area (Å²) in [5.41, 5.74) is -0.157. The van der Waals surface area contributed by atoms with Gasteiger partial charge in [0.05, 0.1) is 35.1 Å². The monoisotopic (exact) mass is 993 g/mol. The van der Waals surface area contributed by atoms with Gasteiger partial charge in [-0.2, -0.15) is 0 Å². The number of benzene rings is 2. The lowest BCUT2D eigenvalue weighted by molar-refractivity contribution is -0.157. The molecule has 2 amide bonds. The Morgan fingerprint density at radius 1 is 0.958 bits per heavy atom. The van der Waals surface area contributed by atoms with Crippen LogP contribution in [0.4, 0.5) is 11.6 Å². The number of piperazine rings is 1. The van der Waals surface area contributed by atoms with Crippen LogP contribution in [0.5, 0.6) is 17.2 Å². The number of phenols is 2. The van der Waals surface area contributed by atoms with Gasteiger partial charge in [-0.3, -0.25) is 24.2 Å². The van der Waals surface area contributed by atoms with Gasteiger partial charge in [-0.15, -0.1) is 0 Å². The molecule has 9 rings (SSSR count). The minimum Gasteiger partial charge on any atom is -0.507 e. The number of ketones is 1. The molecule has 5 N–H and O–H groups in total. The first kappa shape index (κ1) is 51.9. The van der Waals surface area contributed by atoms with E-state index in [-0.39, 0.29) is 62.5 Å². The summed E-state index contributed by atoms with van der Waals surface area (Å²) in [4.78, 5) is 79.8. The van der Waals surface area contributed by atoms with Crippen LogP contribution in [0.1, 0.15) is 96.5 Å². The Morgan fingerprint density at radius 2 is 1.65 bits per heavy atom. The second-order valence-corrected chi connectivity index (χ2v) is 20.7. The van der Waals surface area contributed by atoms with E-state index in [0.29, 0.717) is 69.7 Å². The average Bonchev–Trinajstić information content (AvgIpc) is 3.86. The van der Waals surface area contributed by atoms with Gasteiger partial charge in [-0.1, -0.05) is 52.8 Å². The summed E-state index contributed by atoms with van der Waals surface area (Å²) in [6.07, 6.45) is 8.71. The number of fused-ring (bicyclic) bond motifs is 13. The van der Waals surface area contributed by atoms with Crippen molar-refractivity contribution in [1.29, 1.82) is 0 Å². The van der Waals surface area contributed by atoms with Crippen LogP contribution in [0.2, 0.25) is 0 Å². The molecule has 386 valence electrons. The SMILES string of the molecule is C/C1=C/C=C/C(C)[C@H](O)[C@@H](C)C(O)C[C@H](OC(=O)CC(=O)N2CCN(c3ncccn3)CC2)[C@H](C)C/C=C/O[C@@]2(C)Oc3c(C)c(O)c4c(O)c(c5c(c4c3C2=O)NC2(CCN(CC(C)C)CC2)N=5)=NC1=O. The number of hydrogen-bond acceptors (Lipinski definition) is 17. The van der Waals surface area contributed by atoms with Crippen LogP contribution in [-0.2, 0) is 23.9 Å². The second kappa shape index (κ2) is 21.0. The topological polar surface area (TPSA) is 249 Å². The number of carbonyl (C=O) groups is 4. The van der Waals surface area contributed by atoms with E-state index >= 15 is 0 Å². The third-order valence-corrected chi connectivity index (χ3v) is 14.8. The van der Waals surface area contributed by atoms with Gasteiger partial charge in [0.25, 0.3) is 11.7 Å². The van der Waals surface area contributed by atoms with Gasteiger partial charge >= 0.3 is 11.8 Å². The summed E-state index contributed by atoms with van der Waals surface area (Å²) in [7, 11) is 0. The Hall–Kier alpha value is -6.44. The quantitative estimate of drug-likeness (QED) is 0.131. The van der Waals surface area contributed by atoms with Crippen LogP contribution in [0.3, 0.4) is 0 Å². The van der Waals surface area contributed by atoms with Crippen molar-refractivity contribution < 1.29 is 53.8 Å². The molecule has 2 aromatic carbocycles. The molecule has 0 saturated carbocycles. The number of aliphatic hydroxyl groups is 2. The molecule has 7 heterocycles. The smallest absolute Gasteiger partial charge is 0.315 e. The molecule has 19 nitrogen and oxygen atoms in total. The molecule has 7 atom stereocenters. The molecule has 5 bridgehead atoms. The van der Waals surface area contributed by atoms with E-state index in [4.69, 9.17) is 19.2 Å². The molecule has 0 radical (unpaired) electrons. The highest BCUT2D eigenvalue weighted by atomic mass is 16.7. The fraction of sp³-hybridized carbons (Fsp3) is 0.547.